The van der Waals surface area contributed by atoms with Gasteiger partial charge in [-0.25, -0.2) is 9.97 Å². The van der Waals surface area contributed by atoms with E-state index in [0.29, 0.717) is 0 Å². The minimum atomic E-state index is -0.0810. The van der Waals surface area contributed by atoms with E-state index in [0.717, 1.165) is 29.4 Å². The maximum absolute atomic E-state index is 4.67. The lowest BCUT2D eigenvalue weighted by Gasteiger charge is -2.18. The lowest BCUT2D eigenvalue weighted by molar-refractivity contribution is 0.546. The van der Waals surface area contributed by atoms with Crippen LogP contribution in [-0.2, 0) is 5.41 Å². The van der Waals surface area contributed by atoms with E-state index in [9.17, 15) is 0 Å². The van der Waals surface area contributed by atoms with Gasteiger partial charge < -0.3 is 5.32 Å². The van der Waals surface area contributed by atoms with Crippen molar-refractivity contribution in [3.05, 3.63) is 36.4 Å². The molecule has 100 valence electrons. The van der Waals surface area contributed by atoms with E-state index < -0.39 is 0 Å². The highest BCUT2D eigenvalue weighted by atomic mass is 15.0. The Bertz CT molecular complexity index is 544. The summed E-state index contributed by atoms with van der Waals surface area (Å²) in [6, 6.07) is 5.90. The van der Waals surface area contributed by atoms with Crippen LogP contribution < -0.4 is 5.32 Å². The molecule has 0 aromatic carbocycles. The topological polar surface area (TPSA) is 50.7 Å². The molecule has 2 aromatic rings. The molecule has 1 N–H and O–H groups in total. The van der Waals surface area contributed by atoms with Gasteiger partial charge in [-0.3, -0.25) is 4.98 Å². The number of hydrogen-bond acceptors (Lipinski definition) is 4. The third kappa shape index (κ3) is 3.28. The van der Waals surface area contributed by atoms with Gasteiger partial charge in [0.1, 0.15) is 11.6 Å². The first-order valence-corrected chi connectivity index (χ1v) is 6.54. The molecular formula is C15H20N4. The number of hydrogen-bond donors (Lipinski definition) is 1. The third-order valence-electron chi connectivity index (χ3n) is 2.71. The molecular weight excluding hydrogens is 236 g/mol. The number of pyridine rings is 1. The van der Waals surface area contributed by atoms with E-state index in [1.54, 1.807) is 6.20 Å². The molecule has 0 saturated heterocycles. The van der Waals surface area contributed by atoms with Gasteiger partial charge in [0.05, 0.1) is 5.69 Å². The average molecular weight is 256 g/mol. The van der Waals surface area contributed by atoms with Gasteiger partial charge in [-0.1, -0.05) is 20.8 Å². The second-order valence-corrected chi connectivity index (χ2v) is 5.48. The SMILES string of the molecule is CCNc1cc(-c2cccnc2)nc(C(C)(C)C)n1. The van der Waals surface area contributed by atoms with Crippen LogP contribution in [0.1, 0.15) is 33.5 Å². The maximum Gasteiger partial charge on any atom is 0.136 e. The summed E-state index contributed by atoms with van der Waals surface area (Å²) in [4.78, 5) is 13.4. The van der Waals surface area contributed by atoms with E-state index in [1.807, 2.05) is 24.4 Å². The fourth-order valence-electron chi connectivity index (χ4n) is 1.72. The van der Waals surface area contributed by atoms with Gasteiger partial charge in [-0.05, 0) is 19.1 Å². The van der Waals surface area contributed by atoms with Crippen LogP contribution in [0, 0.1) is 0 Å². The molecule has 0 atom stereocenters. The summed E-state index contributed by atoms with van der Waals surface area (Å²) in [6.45, 7) is 9.25. The van der Waals surface area contributed by atoms with Crippen LogP contribution in [0.4, 0.5) is 5.82 Å². The molecule has 0 aliphatic carbocycles. The summed E-state index contributed by atoms with van der Waals surface area (Å²) >= 11 is 0. The van der Waals surface area contributed by atoms with Crippen molar-refractivity contribution in [3.8, 4) is 11.3 Å². The zero-order valence-corrected chi connectivity index (χ0v) is 11.9. The number of nitrogens with zero attached hydrogens (tertiary/aromatic N) is 3. The van der Waals surface area contributed by atoms with Crippen LogP contribution in [0.5, 0.6) is 0 Å². The van der Waals surface area contributed by atoms with Crippen molar-refractivity contribution in [3.63, 3.8) is 0 Å². The molecule has 0 fully saturated rings. The monoisotopic (exact) mass is 256 g/mol. The molecule has 2 heterocycles. The van der Waals surface area contributed by atoms with Crippen molar-refractivity contribution < 1.29 is 0 Å². The molecule has 0 aliphatic heterocycles. The highest BCUT2D eigenvalue weighted by Gasteiger charge is 2.19. The molecule has 4 heteroatoms. The standard InChI is InChI=1S/C15H20N4/c1-5-17-13-9-12(11-7-6-8-16-10-11)18-14(19-13)15(2,3)4/h6-10H,5H2,1-4H3,(H,17,18,19). The molecule has 0 spiro atoms. The van der Waals surface area contributed by atoms with Crippen molar-refractivity contribution >= 4 is 5.82 Å². The Labute approximate surface area is 114 Å². The molecule has 19 heavy (non-hydrogen) atoms. The molecule has 0 unspecified atom stereocenters. The van der Waals surface area contributed by atoms with Gasteiger partial charge in [0, 0.05) is 36.0 Å². The first-order valence-electron chi connectivity index (χ1n) is 6.54. The predicted molar refractivity (Wildman–Crippen MR) is 78.1 cm³/mol. The van der Waals surface area contributed by atoms with E-state index in [-0.39, 0.29) is 5.41 Å². The van der Waals surface area contributed by atoms with Crippen LogP contribution in [0.15, 0.2) is 30.6 Å². The third-order valence-corrected chi connectivity index (χ3v) is 2.71. The summed E-state index contributed by atoms with van der Waals surface area (Å²) in [5.74, 6) is 1.70. The van der Waals surface area contributed by atoms with Crippen molar-refractivity contribution in [1.82, 2.24) is 15.0 Å². The minimum Gasteiger partial charge on any atom is -0.370 e. The summed E-state index contributed by atoms with van der Waals surface area (Å²) in [5.41, 5.74) is 1.83. The zero-order valence-electron chi connectivity index (χ0n) is 11.9. The first-order chi connectivity index (χ1) is 9.00. The van der Waals surface area contributed by atoms with Gasteiger partial charge in [0.25, 0.3) is 0 Å². The predicted octanol–water partition coefficient (Wildman–Crippen LogP) is 3.27. The normalized spacial score (nSPS) is 11.4. The second kappa shape index (κ2) is 5.34. The molecule has 0 amide bonds. The number of nitrogens with one attached hydrogen (secondary N) is 1. The van der Waals surface area contributed by atoms with Gasteiger partial charge in [-0.2, -0.15) is 0 Å². The van der Waals surface area contributed by atoms with E-state index in [1.165, 1.54) is 0 Å². The van der Waals surface area contributed by atoms with Gasteiger partial charge >= 0.3 is 0 Å². The Balaban J connectivity index is 2.52. The Morgan fingerprint density at radius 2 is 2.00 bits per heavy atom. The highest BCUT2D eigenvalue weighted by molar-refractivity contribution is 5.61. The van der Waals surface area contributed by atoms with Crippen LogP contribution in [-0.4, -0.2) is 21.5 Å². The van der Waals surface area contributed by atoms with Crippen LogP contribution in [0.3, 0.4) is 0 Å². The van der Waals surface area contributed by atoms with Gasteiger partial charge in [-0.15, -0.1) is 0 Å². The molecule has 0 radical (unpaired) electrons. The minimum absolute atomic E-state index is 0.0810. The largest absolute Gasteiger partial charge is 0.370 e. The molecule has 0 saturated carbocycles. The Hall–Kier alpha value is -1.97. The second-order valence-electron chi connectivity index (χ2n) is 5.48. The summed E-state index contributed by atoms with van der Waals surface area (Å²) in [5, 5.41) is 3.26. The molecule has 4 nitrogen and oxygen atoms in total. The fraction of sp³-hybridized carbons (Fsp3) is 0.400. The van der Waals surface area contributed by atoms with Crippen LogP contribution in [0.25, 0.3) is 11.3 Å². The summed E-state index contributed by atoms with van der Waals surface area (Å²) < 4.78 is 0. The van der Waals surface area contributed by atoms with E-state index in [2.05, 4.69) is 48.0 Å². The number of rotatable bonds is 3. The Kier molecular flexibility index (Phi) is 3.79. The van der Waals surface area contributed by atoms with E-state index in [4.69, 9.17) is 0 Å². The van der Waals surface area contributed by atoms with Crippen molar-refractivity contribution in [1.29, 1.82) is 0 Å². The molecule has 0 bridgehead atoms. The fourth-order valence-corrected chi connectivity index (χ4v) is 1.72. The lowest BCUT2D eigenvalue weighted by Crippen LogP contribution is -2.17. The van der Waals surface area contributed by atoms with E-state index >= 15 is 0 Å². The maximum atomic E-state index is 4.67. The van der Waals surface area contributed by atoms with Crippen molar-refractivity contribution in [2.45, 2.75) is 33.1 Å². The van der Waals surface area contributed by atoms with Crippen molar-refractivity contribution in [2.24, 2.45) is 0 Å². The smallest absolute Gasteiger partial charge is 0.136 e. The van der Waals surface area contributed by atoms with Gasteiger partial charge in [0.15, 0.2) is 0 Å². The van der Waals surface area contributed by atoms with Crippen molar-refractivity contribution in [2.75, 3.05) is 11.9 Å². The lowest BCUT2D eigenvalue weighted by atomic mass is 9.95. The number of anilines is 1. The zero-order chi connectivity index (χ0) is 13.9. The van der Waals surface area contributed by atoms with Gasteiger partial charge in [0.2, 0.25) is 0 Å². The van der Waals surface area contributed by atoms with Crippen LogP contribution in [0.2, 0.25) is 0 Å². The van der Waals surface area contributed by atoms with Crippen LogP contribution >= 0.6 is 0 Å². The Morgan fingerprint density at radius 3 is 2.58 bits per heavy atom. The average Bonchev–Trinajstić information content (AvgIpc) is 2.39. The Morgan fingerprint density at radius 1 is 1.21 bits per heavy atom. The summed E-state index contributed by atoms with van der Waals surface area (Å²) in [7, 11) is 0. The number of aromatic nitrogens is 3. The molecule has 2 rings (SSSR count). The quantitative estimate of drug-likeness (QED) is 0.915. The highest BCUT2D eigenvalue weighted by Crippen LogP contribution is 2.24. The molecule has 0 aliphatic rings. The summed E-state index contributed by atoms with van der Waals surface area (Å²) in [6.07, 6.45) is 3.59. The first kappa shape index (κ1) is 13.5. The molecule has 2 aromatic heterocycles.